The Balaban J connectivity index is 1.73. The summed E-state index contributed by atoms with van der Waals surface area (Å²) in [6, 6.07) is 1.96. The van der Waals surface area contributed by atoms with Gasteiger partial charge < -0.3 is 19.7 Å². The first-order chi connectivity index (χ1) is 12.0. The summed E-state index contributed by atoms with van der Waals surface area (Å²) in [5.74, 6) is 2.06. The average molecular weight is 346 g/mol. The highest BCUT2D eigenvalue weighted by molar-refractivity contribution is 5.91. The van der Waals surface area contributed by atoms with Crippen LogP contribution in [0.25, 0.3) is 0 Å². The number of nitrogens with zero attached hydrogens (tertiary/aromatic N) is 1. The minimum Gasteiger partial charge on any atom is -0.496 e. The van der Waals surface area contributed by atoms with Gasteiger partial charge in [0.2, 0.25) is 0 Å². The molecule has 1 unspecified atom stereocenters. The molecule has 0 radical (unpaired) electrons. The van der Waals surface area contributed by atoms with E-state index < -0.39 is 0 Å². The van der Waals surface area contributed by atoms with E-state index in [4.69, 9.17) is 9.47 Å². The van der Waals surface area contributed by atoms with Crippen LogP contribution in [0.3, 0.4) is 0 Å². The summed E-state index contributed by atoms with van der Waals surface area (Å²) in [7, 11) is 1.68. The van der Waals surface area contributed by atoms with E-state index >= 15 is 0 Å². The topological polar surface area (TPSA) is 50.8 Å². The number of ether oxygens (including phenoxy) is 2. The maximum Gasteiger partial charge on any atom is 0.321 e. The Morgan fingerprint density at radius 1 is 1.24 bits per heavy atom. The van der Waals surface area contributed by atoms with E-state index in [1.807, 2.05) is 31.7 Å². The second kappa shape index (κ2) is 7.65. The fourth-order valence-corrected chi connectivity index (χ4v) is 3.85. The van der Waals surface area contributed by atoms with Crippen molar-refractivity contribution in [1.29, 1.82) is 0 Å². The number of carbonyl (C=O) groups is 1. The fraction of sp³-hybridized carbons (Fsp3) is 0.650. The molecule has 1 aliphatic heterocycles. The quantitative estimate of drug-likeness (QED) is 0.903. The van der Waals surface area contributed by atoms with Crippen molar-refractivity contribution in [2.75, 3.05) is 38.7 Å². The Morgan fingerprint density at radius 3 is 2.64 bits per heavy atom. The standard InChI is InChI=1S/C20H30N2O3/c1-13-10-18(24-4)14(2)15(3)19(13)21-20(23)22-8-9-25-12-17(11-22)16-6-5-7-16/h10,16-17H,5-9,11-12H2,1-4H3,(H,21,23). The molecule has 138 valence electrons. The van der Waals surface area contributed by atoms with E-state index in [0.29, 0.717) is 19.1 Å². The van der Waals surface area contributed by atoms with E-state index in [-0.39, 0.29) is 6.03 Å². The predicted molar refractivity (Wildman–Crippen MR) is 99.4 cm³/mol. The van der Waals surface area contributed by atoms with Crippen LogP contribution in [0.1, 0.15) is 36.0 Å². The molecule has 1 aromatic carbocycles. The van der Waals surface area contributed by atoms with Gasteiger partial charge in [0, 0.05) is 24.7 Å². The van der Waals surface area contributed by atoms with Crippen molar-refractivity contribution in [3.63, 3.8) is 0 Å². The number of aryl methyl sites for hydroxylation is 1. The van der Waals surface area contributed by atoms with Gasteiger partial charge in [-0.3, -0.25) is 0 Å². The van der Waals surface area contributed by atoms with Crippen LogP contribution in [-0.4, -0.2) is 44.3 Å². The number of anilines is 1. The van der Waals surface area contributed by atoms with E-state index in [1.165, 1.54) is 19.3 Å². The van der Waals surface area contributed by atoms with Gasteiger partial charge in [-0.05, 0) is 49.4 Å². The van der Waals surface area contributed by atoms with Crippen LogP contribution in [0.15, 0.2) is 6.07 Å². The van der Waals surface area contributed by atoms with Gasteiger partial charge in [0.05, 0.1) is 20.3 Å². The smallest absolute Gasteiger partial charge is 0.321 e. The summed E-state index contributed by atoms with van der Waals surface area (Å²) in [6.45, 7) is 8.92. The normalized spacial score (nSPS) is 21.4. The number of benzene rings is 1. The predicted octanol–water partition coefficient (Wildman–Crippen LogP) is 3.90. The molecule has 0 bridgehead atoms. The number of carbonyl (C=O) groups excluding carboxylic acids is 1. The molecule has 1 aromatic rings. The van der Waals surface area contributed by atoms with Crippen LogP contribution in [0.5, 0.6) is 5.75 Å². The molecule has 1 atom stereocenters. The van der Waals surface area contributed by atoms with Gasteiger partial charge in [-0.1, -0.05) is 19.3 Å². The van der Waals surface area contributed by atoms with Crippen LogP contribution >= 0.6 is 0 Å². The maximum absolute atomic E-state index is 12.9. The summed E-state index contributed by atoms with van der Waals surface area (Å²) in [5.41, 5.74) is 4.05. The second-order valence-corrected chi connectivity index (χ2v) is 7.42. The highest BCUT2D eigenvalue weighted by Gasteiger charge is 2.32. The monoisotopic (exact) mass is 346 g/mol. The number of nitrogens with one attached hydrogen (secondary N) is 1. The van der Waals surface area contributed by atoms with E-state index in [2.05, 4.69) is 5.32 Å². The lowest BCUT2D eigenvalue weighted by atomic mass is 9.76. The lowest BCUT2D eigenvalue weighted by Crippen LogP contribution is -2.41. The molecule has 2 amide bonds. The van der Waals surface area contributed by atoms with Crippen molar-refractivity contribution >= 4 is 11.7 Å². The highest BCUT2D eigenvalue weighted by atomic mass is 16.5. The Bertz CT molecular complexity index is 640. The molecule has 0 aromatic heterocycles. The second-order valence-electron chi connectivity index (χ2n) is 7.42. The SMILES string of the molecule is COc1cc(C)c(NC(=O)N2CCOCC(C3CCC3)C2)c(C)c1C. The van der Waals surface area contributed by atoms with Gasteiger partial charge in [-0.25, -0.2) is 4.79 Å². The Hall–Kier alpha value is -1.75. The van der Waals surface area contributed by atoms with Gasteiger partial charge >= 0.3 is 6.03 Å². The number of hydrogen-bond acceptors (Lipinski definition) is 3. The third-order valence-corrected chi connectivity index (χ3v) is 5.90. The van der Waals surface area contributed by atoms with Gasteiger partial charge in [0.25, 0.3) is 0 Å². The first-order valence-corrected chi connectivity index (χ1v) is 9.29. The summed E-state index contributed by atoms with van der Waals surface area (Å²) in [6.07, 6.45) is 3.87. The zero-order valence-electron chi connectivity index (χ0n) is 15.9. The minimum absolute atomic E-state index is 0.0226. The maximum atomic E-state index is 12.9. The van der Waals surface area contributed by atoms with E-state index in [9.17, 15) is 4.79 Å². The molecule has 1 aliphatic carbocycles. The average Bonchev–Trinajstić information content (AvgIpc) is 2.79. The summed E-state index contributed by atoms with van der Waals surface area (Å²) in [5, 5.41) is 3.14. The van der Waals surface area contributed by atoms with Crippen molar-refractivity contribution in [2.24, 2.45) is 11.8 Å². The third kappa shape index (κ3) is 3.76. The lowest BCUT2D eigenvalue weighted by Gasteiger charge is -2.35. The lowest BCUT2D eigenvalue weighted by molar-refractivity contribution is 0.0776. The van der Waals surface area contributed by atoms with Gasteiger partial charge in [0.15, 0.2) is 0 Å². The van der Waals surface area contributed by atoms with Gasteiger partial charge in [-0.2, -0.15) is 0 Å². The molecule has 5 heteroatoms. The summed E-state index contributed by atoms with van der Waals surface area (Å²) < 4.78 is 11.2. The molecule has 1 saturated carbocycles. The molecule has 2 aliphatic rings. The number of hydrogen-bond donors (Lipinski definition) is 1. The molecule has 3 rings (SSSR count). The minimum atomic E-state index is -0.0226. The first-order valence-electron chi connectivity index (χ1n) is 9.29. The molecular weight excluding hydrogens is 316 g/mol. The fourth-order valence-electron chi connectivity index (χ4n) is 3.85. The van der Waals surface area contributed by atoms with Crippen molar-refractivity contribution in [1.82, 2.24) is 4.90 Å². The van der Waals surface area contributed by atoms with Crippen molar-refractivity contribution < 1.29 is 14.3 Å². The number of methoxy groups -OCH3 is 1. The number of urea groups is 1. The molecule has 5 nitrogen and oxygen atoms in total. The molecule has 1 heterocycles. The van der Waals surface area contributed by atoms with Crippen LogP contribution in [0.2, 0.25) is 0 Å². The summed E-state index contributed by atoms with van der Waals surface area (Å²) >= 11 is 0. The Kier molecular flexibility index (Phi) is 5.52. The molecule has 2 fully saturated rings. The van der Waals surface area contributed by atoms with Crippen molar-refractivity contribution in [3.05, 3.63) is 22.8 Å². The molecular formula is C20H30N2O3. The molecule has 1 N–H and O–H groups in total. The van der Waals surface area contributed by atoms with E-state index in [0.717, 1.165) is 47.2 Å². The van der Waals surface area contributed by atoms with Gasteiger partial charge in [0.1, 0.15) is 5.75 Å². The zero-order valence-corrected chi connectivity index (χ0v) is 15.9. The summed E-state index contributed by atoms with van der Waals surface area (Å²) in [4.78, 5) is 14.8. The first kappa shape index (κ1) is 18.1. The van der Waals surface area contributed by atoms with Crippen LogP contribution in [0, 0.1) is 32.6 Å². The largest absolute Gasteiger partial charge is 0.496 e. The molecule has 0 spiro atoms. The Morgan fingerprint density at radius 2 is 2.00 bits per heavy atom. The van der Waals surface area contributed by atoms with Crippen LogP contribution in [-0.2, 0) is 4.74 Å². The number of rotatable bonds is 3. The molecule has 25 heavy (non-hydrogen) atoms. The van der Waals surface area contributed by atoms with Crippen molar-refractivity contribution in [3.8, 4) is 5.75 Å². The van der Waals surface area contributed by atoms with E-state index in [1.54, 1.807) is 7.11 Å². The Labute approximate surface area is 150 Å². The van der Waals surface area contributed by atoms with Crippen molar-refractivity contribution in [2.45, 2.75) is 40.0 Å². The zero-order chi connectivity index (χ0) is 18.0. The van der Waals surface area contributed by atoms with Gasteiger partial charge in [-0.15, -0.1) is 0 Å². The third-order valence-electron chi connectivity index (χ3n) is 5.90. The van der Waals surface area contributed by atoms with Crippen LogP contribution in [0.4, 0.5) is 10.5 Å². The highest BCUT2D eigenvalue weighted by Crippen LogP contribution is 2.35. The molecule has 1 saturated heterocycles. The van der Waals surface area contributed by atoms with Crippen LogP contribution < -0.4 is 10.1 Å². The number of amides is 2.